The smallest absolute Gasteiger partial charge is 0.0899 e. The third kappa shape index (κ3) is 5.29. The van der Waals surface area contributed by atoms with Crippen molar-refractivity contribution in [1.82, 2.24) is 14.7 Å². The first-order chi connectivity index (χ1) is 8.00. The highest BCUT2D eigenvalue weighted by atomic mass is 32.1. The van der Waals surface area contributed by atoms with Crippen LogP contribution in [0, 0.1) is 0 Å². The molecule has 1 heterocycles. The number of piperazine rings is 1. The largest absolute Gasteiger partial charge is 0.392 e. The van der Waals surface area contributed by atoms with Crippen LogP contribution in [0.2, 0.25) is 0 Å². The van der Waals surface area contributed by atoms with Crippen molar-refractivity contribution in [3.8, 4) is 0 Å². The molecule has 0 aliphatic carbocycles. The summed E-state index contributed by atoms with van der Waals surface area (Å²) in [5.41, 5.74) is 5.69. The molecule has 17 heavy (non-hydrogen) atoms. The van der Waals surface area contributed by atoms with E-state index in [1.54, 1.807) is 0 Å². The maximum atomic E-state index is 5.69. The van der Waals surface area contributed by atoms with Crippen LogP contribution in [0.15, 0.2) is 0 Å². The van der Waals surface area contributed by atoms with Gasteiger partial charge in [0.15, 0.2) is 0 Å². The molecule has 2 N–H and O–H groups in total. The Hall–Kier alpha value is -0.230. The minimum absolute atomic E-state index is 0.244. The number of nitrogens with zero attached hydrogens (tertiary/aromatic N) is 3. The van der Waals surface area contributed by atoms with Crippen LogP contribution in [0.1, 0.15) is 13.3 Å². The second-order valence-corrected chi connectivity index (χ2v) is 5.58. The molecule has 100 valence electrons. The van der Waals surface area contributed by atoms with Crippen molar-refractivity contribution in [2.75, 3.05) is 53.4 Å². The third-order valence-electron chi connectivity index (χ3n) is 3.45. The molecule has 1 fully saturated rings. The molecule has 0 aromatic carbocycles. The van der Waals surface area contributed by atoms with Crippen LogP contribution in [-0.2, 0) is 0 Å². The topological polar surface area (TPSA) is 35.7 Å². The predicted molar refractivity (Wildman–Crippen MR) is 77.4 cm³/mol. The van der Waals surface area contributed by atoms with E-state index in [0.717, 1.165) is 26.2 Å². The van der Waals surface area contributed by atoms with Crippen molar-refractivity contribution >= 4 is 17.2 Å². The highest BCUT2D eigenvalue weighted by Crippen LogP contribution is 2.07. The number of thiocarbonyl (C=S) groups is 1. The monoisotopic (exact) mass is 258 g/mol. The number of hydrogen-bond donors (Lipinski definition) is 1. The van der Waals surface area contributed by atoms with Gasteiger partial charge in [-0.2, -0.15) is 0 Å². The predicted octanol–water partition coefficient (Wildman–Crippen LogP) is 0.230. The lowest BCUT2D eigenvalue weighted by molar-refractivity contribution is 0.120. The van der Waals surface area contributed by atoms with Crippen molar-refractivity contribution in [2.45, 2.75) is 19.4 Å². The fourth-order valence-corrected chi connectivity index (χ4v) is 2.31. The molecule has 0 amide bonds. The van der Waals surface area contributed by atoms with E-state index in [9.17, 15) is 0 Å². The second-order valence-electron chi connectivity index (χ2n) is 5.11. The summed E-state index contributed by atoms with van der Waals surface area (Å²) in [6.45, 7) is 8.92. The lowest BCUT2D eigenvalue weighted by atomic mass is 10.2. The Morgan fingerprint density at radius 1 is 1.29 bits per heavy atom. The maximum Gasteiger partial charge on any atom is 0.0899 e. The van der Waals surface area contributed by atoms with E-state index in [4.69, 9.17) is 18.0 Å². The van der Waals surface area contributed by atoms with Gasteiger partial charge in [-0.15, -0.1) is 0 Å². The first kappa shape index (κ1) is 14.8. The van der Waals surface area contributed by atoms with Gasteiger partial charge in [0.05, 0.1) is 11.0 Å². The Kier molecular flexibility index (Phi) is 6.33. The highest BCUT2D eigenvalue weighted by Gasteiger charge is 2.21. The molecular formula is C12H26N4S. The second kappa shape index (κ2) is 7.26. The van der Waals surface area contributed by atoms with Crippen LogP contribution in [0.25, 0.3) is 0 Å². The molecule has 0 spiro atoms. The van der Waals surface area contributed by atoms with Crippen LogP contribution < -0.4 is 5.73 Å². The Labute approximate surface area is 111 Å². The van der Waals surface area contributed by atoms with Gasteiger partial charge in [-0.25, -0.2) is 0 Å². The average molecular weight is 258 g/mol. The summed E-state index contributed by atoms with van der Waals surface area (Å²) >= 11 is 5.04. The van der Waals surface area contributed by atoms with E-state index in [1.807, 2.05) is 0 Å². The van der Waals surface area contributed by atoms with E-state index >= 15 is 0 Å². The number of hydrogen-bond acceptors (Lipinski definition) is 4. The minimum Gasteiger partial charge on any atom is -0.392 e. The van der Waals surface area contributed by atoms with E-state index in [1.165, 1.54) is 19.5 Å². The summed E-state index contributed by atoms with van der Waals surface area (Å²) < 4.78 is 0. The molecule has 0 radical (unpaired) electrons. The molecule has 0 bridgehead atoms. The Morgan fingerprint density at radius 3 is 2.35 bits per heavy atom. The third-order valence-corrected chi connectivity index (χ3v) is 3.79. The van der Waals surface area contributed by atoms with Crippen LogP contribution in [0.4, 0.5) is 0 Å². The molecule has 0 aromatic rings. The van der Waals surface area contributed by atoms with Gasteiger partial charge in [-0.05, 0) is 40.5 Å². The quantitative estimate of drug-likeness (QED) is 0.690. The summed E-state index contributed by atoms with van der Waals surface area (Å²) in [6, 6.07) is 0.244. The standard InChI is InChI=1S/C12H26N4S/c1-11(12(13)17)16-9-7-15(8-10-16)6-4-5-14(2)3/h11H,4-10H2,1-3H3,(H2,13,17). The fourth-order valence-electron chi connectivity index (χ4n) is 2.16. The molecule has 1 saturated heterocycles. The zero-order valence-corrected chi connectivity index (χ0v) is 12.2. The summed E-state index contributed by atoms with van der Waals surface area (Å²) in [4.78, 5) is 7.77. The van der Waals surface area contributed by atoms with Crippen molar-refractivity contribution < 1.29 is 0 Å². The lowest BCUT2D eigenvalue weighted by Crippen LogP contribution is -2.52. The molecule has 1 unspecified atom stereocenters. The number of rotatable bonds is 6. The van der Waals surface area contributed by atoms with Gasteiger partial charge in [-0.3, -0.25) is 4.90 Å². The molecule has 1 atom stereocenters. The van der Waals surface area contributed by atoms with E-state index < -0.39 is 0 Å². The zero-order valence-electron chi connectivity index (χ0n) is 11.4. The Balaban J connectivity index is 2.19. The van der Waals surface area contributed by atoms with Crippen LogP contribution in [0.5, 0.6) is 0 Å². The summed E-state index contributed by atoms with van der Waals surface area (Å²) in [5, 5.41) is 0. The number of nitrogens with two attached hydrogens (primary N) is 1. The molecule has 1 rings (SSSR count). The maximum absolute atomic E-state index is 5.69. The average Bonchev–Trinajstić information content (AvgIpc) is 2.28. The molecule has 1 aliphatic rings. The molecular weight excluding hydrogens is 232 g/mol. The van der Waals surface area contributed by atoms with Crippen molar-refractivity contribution in [1.29, 1.82) is 0 Å². The van der Waals surface area contributed by atoms with Crippen molar-refractivity contribution in [3.05, 3.63) is 0 Å². The van der Waals surface area contributed by atoms with Gasteiger partial charge >= 0.3 is 0 Å². The van der Waals surface area contributed by atoms with Gasteiger partial charge in [0, 0.05) is 26.2 Å². The van der Waals surface area contributed by atoms with Gasteiger partial charge in [-0.1, -0.05) is 12.2 Å². The van der Waals surface area contributed by atoms with Crippen LogP contribution in [-0.4, -0.2) is 79.1 Å². The van der Waals surface area contributed by atoms with Gasteiger partial charge < -0.3 is 15.5 Å². The normalized spacial score (nSPS) is 20.7. The first-order valence-corrected chi connectivity index (χ1v) is 6.82. The van der Waals surface area contributed by atoms with E-state index in [0.29, 0.717) is 4.99 Å². The SMILES string of the molecule is CC(C(N)=S)N1CCN(CCCN(C)C)CC1. The van der Waals surface area contributed by atoms with Gasteiger partial charge in [0.25, 0.3) is 0 Å². The first-order valence-electron chi connectivity index (χ1n) is 6.41. The molecule has 1 aliphatic heterocycles. The minimum atomic E-state index is 0.244. The fraction of sp³-hybridized carbons (Fsp3) is 0.917. The molecule has 0 saturated carbocycles. The van der Waals surface area contributed by atoms with Gasteiger partial charge in [0.1, 0.15) is 0 Å². The van der Waals surface area contributed by atoms with Crippen molar-refractivity contribution in [3.63, 3.8) is 0 Å². The van der Waals surface area contributed by atoms with Gasteiger partial charge in [0.2, 0.25) is 0 Å². The van der Waals surface area contributed by atoms with Crippen LogP contribution >= 0.6 is 12.2 Å². The highest BCUT2D eigenvalue weighted by molar-refractivity contribution is 7.80. The summed E-state index contributed by atoms with van der Waals surface area (Å²) in [5.74, 6) is 0. The Morgan fingerprint density at radius 2 is 1.88 bits per heavy atom. The summed E-state index contributed by atoms with van der Waals surface area (Å²) in [7, 11) is 4.25. The van der Waals surface area contributed by atoms with Crippen molar-refractivity contribution in [2.24, 2.45) is 5.73 Å². The van der Waals surface area contributed by atoms with Crippen LogP contribution in [0.3, 0.4) is 0 Å². The van der Waals surface area contributed by atoms with E-state index in [2.05, 4.69) is 35.7 Å². The Bertz CT molecular complexity index is 237. The molecule has 4 nitrogen and oxygen atoms in total. The lowest BCUT2D eigenvalue weighted by Gasteiger charge is -2.37. The molecule has 5 heteroatoms. The summed E-state index contributed by atoms with van der Waals surface area (Å²) in [6.07, 6.45) is 1.25. The van der Waals surface area contributed by atoms with E-state index in [-0.39, 0.29) is 6.04 Å². The molecule has 0 aromatic heterocycles. The zero-order chi connectivity index (χ0) is 12.8.